The normalized spacial score (nSPS) is 25.4. The Bertz CT molecular complexity index is 284. The van der Waals surface area contributed by atoms with Crippen molar-refractivity contribution in [1.29, 1.82) is 0 Å². The third kappa shape index (κ3) is 2.70. The van der Waals surface area contributed by atoms with Gasteiger partial charge in [-0.1, -0.05) is 19.0 Å². The summed E-state index contributed by atoms with van der Waals surface area (Å²) < 4.78 is 5.13. The van der Waals surface area contributed by atoms with Crippen LogP contribution in [-0.2, 0) is 14.4 Å². The van der Waals surface area contributed by atoms with E-state index in [0.29, 0.717) is 12.3 Å². The van der Waals surface area contributed by atoms with Crippen molar-refractivity contribution in [2.75, 3.05) is 0 Å². The molecule has 1 unspecified atom stereocenters. The fourth-order valence-corrected chi connectivity index (χ4v) is 1.33. The Morgan fingerprint density at radius 2 is 2.07 bits per heavy atom. The zero-order chi connectivity index (χ0) is 11.6. The molecule has 1 aliphatic rings. The van der Waals surface area contributed by atoms with E-state index >= 15 is 0 Å². The molecule has 0 spiro atoms. The summed E-state index contributed by atoms with van der Waals surface area (Å²) >= 11 is 0. The predicted octanol–water partition coefficient (Wildman–Crippen LogP) is 2.13. The van der Waals surface area contributed by atoms with E-state index in [0.717, 1.165) is 5.71 Å². The van der Waals surface area contributed by atoms with Crippen LogP contribution in [0.3, 0.4) is 0 Å². The summed E-state index contributed by atoms with van der Waals surface area (Å²) in [6.45, 7) is 9.42. The van der Waals surface area contributed by atoms with Crippen molar-refractivity contribution in [2.24, 2.45) is 11.1 Å². The van der Waals surface area contributed by atoms with Crippen LogP contribution in [0.25, 0.3) is 0 Å². The van der Waals surface area contributed by atoms with Gasteiger partial charge in [-0.2, -0.15) is 0 Å². The van der Waals surface area contributed by atoms with Gasteiger partial charge in [0.25, 0.3) is 0 Å². The summed E-state index contributed by atoms with van der Waals surface area (Å²) in [7, 11) is 0. The van der Waals surface area contributed by atoms with E-state index in [9.17, 15) is 4.79 Å². The number of esters is 1. The Morgan fingerprint density at radius 3 is 2.47 bits per heavy atom. The maximum Gasteiger partial charge on any atom is 0.353 e. The Balaban J connectivity index is 2.62. The van der Waals surface area contributed by atoms with E-state index in [2.05, 4.69) is 5.16 Å². The van der Waals surface area contributed by atoms with Gasteiger partial charge in [0.1, 0.15) is 0 Å². The van der Waals surface area contributed by atoms with Gasteiger partial charge in [-0.05, 0) is 26.7 Å². The number of rotatable bonds is 3. The van der Waals surface area contributed by atoms with E-state index in [4.69, 9.17) is 9.57 Å². The van der Waals surface area contributed by atoms with E-state index < -0.39 is 5.60 Å². The van der Waals surface area contributed by atoms with Gasteiger partial charge < -0.3 is 9.57 Å². The highest BCUT2D eigenvalue weighted by Crippen LogP contribution is 2.28. The first-order valence-electron chi connectivity index (χ1n) is 5.31. The molecule has 0 radical (unpaired) electrons. The quantitative estimate of drug-likeness (QED) is 0.675. The summed E-state index contributed by atoms with van der Waals surface area (Å²) in [6.07, 6.45) is 0.400. The van der Waals surface area contributed by atoms with Crippen molar-refractivity contribution in [2.45, 2.75) is 52.7 Å². The Kier molecular flexibility index (Phi) is 3.37. The second-order valence-electron chi connectivity index (χ2n) is 4.69. The molecule has 4 heteroatoms. The molecule has 1 aliphatic heterocycles. The van der Waals surface area contributed by atoms with E-state index in [1.54, 1.807) is 6.92 Å². The number of nitrogens with zero attached hydrogens (tertiary/aromatic N) is 1. The molecule has 1 rings (SSSR count). The van der Waals surface area contributed by atoms with Gasteiger partial charge in [0.2, 0.25) is 5.60 Å². The molecular weight excluding hydrogens is 194 g/mol. The average Bonchev–Trinajstić information content (AvgIpc) is 2.48. The molecule has 1 atom stereocenters. The standard InChI is InChI=1S/C11H19NO3/c1-7(2)9-6-11(5,15-12-9)10(13)14-8(3)4/h7-8H,6H2,1-5H3. The third-order valence-corrected chi connectivity index (χ3v) is 2.32. The van der Waals surface area contributed by atoms with Crippen LogP contribution in [0.15, 0.2) is 5.16 Å². The van der Waals surface area contributed by atoms with Crippen LogP contribution < -0.4 is 0 Å². The van der Waals surface area contributed by atoms with Crippen LogP contribution in [0.5, 0.6) is 0 Å². The summed E-state index contributed by atoms with van der Waals surface area (Å²) in [5.41, 5.74) is -0.0117. The molecular formula is C11H19NO3. The summed E-state index contributed by atoms with van der Waals surface area (Å²) in [5.74, 6) is -0.0319. The van der Waals surface area contributed by atoms with Crippen LogP contribution in [0.2, 0.25) is 0 Å². The van der Waals surface area contributed by atoms with Crippen molar-refractivity contribution in [3.05, 3.63) is 0 Å². The number of carbonyl (C=O) groups is 1. The smallest absolute Gasteiger partial charge is 0.353 e. The minimum Gasteiger partial charge on any atom is -0.460 e. The lowest BCUT2D eigenvalue weighted by Gasteiger charge is -2.21. The topological polar surface area (TPSA) is 47.9 Å². The lowest BCUT2D eigenvalue weighted by atomic mass is 9.94. The Hall–Kier alpha value is -1.06. The predicted molar refractivity (Wildman–Crippen MR) is 57.6 cm³/mol. The first-order valence-corrected chi connectivity index (χ1v) is 5.31. The minimum absolute atomic E-state index is 0.124. The number of hydrogen-bond acceptors (Lipinski definition) is 4. The molecule has 15 heavy (non-hydrogen) atoms. The molecule has 1 heterocycles. The van der Waals surface area contributed by atoms with Gasteiger partial charge >= 0.3 is 5.97 Å². The van der Waals surface area contributed by atoms with Gasteiger partial charge in [0, 0.05) is 6.42 Å². The lowest BCUT2D eigenvalue weighted by Crippen LogP contribution is -2.38. The molecule has 0 aromatic rings. The first kappa shape index (κ1) is 12.0. The minimum atomic E-state index is -0.927. The largest absolute Gasteiger partial charge is 0.460 e. The molecule has 0 aliphatic carbocycles. The first-order chi connectivity index (χ1) is 6.85. The molecule has 86 valence electrons. The maximum atomic E-state index is 11.7. The number of oxime groups is 1. The molecule has 4 nitrogen and oxygen atoms in total. The summed E-state index contributed by atoms with van der Waals surface area (Å²) in [4.78, 5) is 16.9. The summed E-state index contributed by atoms with van der Waals surface area (Å²) in [6, 6.07) is 0. The van der Waals surface area contributed by atoms with E-state index in [1.807, 2.05) is 27.7 Å². The van der Waals surface area contributed by atoms with Crippen LogP contribution in [-0.4, -0.2) is 23.4 Å². The molecule has 0 aromatic carbocycles. The Labute approximate surface area is 90.6 Å². The van der Waals surface area contributed by atoms with Crippen molar-refractivity contribution in [1.82, 2.24) is 0 Å². The van der Waals surface area contributed by atoms with Gasteiger partial charge in [0.15, 0.2) is 0 Å². The highest BCUT2D eigenvalue weighted by molar-refractivity contribution is 5.94. The molecule has 0 saturated carbocycles. The molecule has 0 aromatic heterocycles. The lowest BCUT2D eigenvalue weighted by molar-refractivity contribution is -0.171. The van der Waals surface area contributed by atoms with Crippen LogP contribution in [0.1, 0.15) is 41.0 Å². The summed E-state index contributed by atoms with van der Waals surface area (Å²) in [5, 5.41) is 3.93. The second kappa shape index (κ2) is 4.21. The fraction of sp³-hybridized carbons (Fsp3) is 0.818. The van der Waals surface area contributed by atoms with Crippen molar-refractivity contribution in [3.63, 3.8) is 0 Å². The Morgan fingerprint density at radius 1 is 1.47 bits per heavy atom. The van der Waals surface area contributed by atoms with Gasteiger partial charge in [-0.15, -0.1) is 0 Å². The zero-order valence-corrected chi connectivity index (χ0v) is 10.0. The van der Waals surface area contributed by atoms with E-state index in [1.165, 1.54) is 0 Å². The highest BCUT2D eigenvalue weighted by atomic mass is 16.7. The van der Waals surface area contributed by atoms with Crippen molar-refractivity contribution >= 4 is 11.7 Å². The molecule has 0 fully saturated rings. The van der Waals surface area contributed by atoms with Crippen LogP contribution >= 0.6 is 0 Å². The number of carbonyl (C=O) groups excluding carboxylic acids is 1. The van der Waals surface area contributed by atoms with Gasteiger partial charge in [-0.25, -0.2) is 4.79 Å². The van der Waals surface area contributed by atoms with E-state index in [-0.39, 0.29) is 12.1 Å². The van der Waals surface area contributed by atoms with Gasteiger partial charge in [-0.3, -0.25) is 0 Å². The van der Waals surface area contributed by atoms with Crippen LogP contribution in [0, 0.1) is 5.92 Å². The van der Waals surface area contributed by atoms with Crippen molar-refractivity contribution in [3.8, 4) is 0 Å². The highest BCUT2D eigenvalue weighted by Gasteiger charge is 2.44. The maximum absolute atomic E-state index is 11.7. The zero-order valence-electron chi connectivity index (χ0n) is 10.0. The van der Waals surface area contributed by atoms with Gasteiger partial charge in [0.05, 0.1) is 11.8 Å². The number of ether oxygens (including phenoxy) is 1. The fourth-order valence-electron chi connectivity index (χ4n) is 1.33. The van der Waals surface area contributed by atoms with Crippen molar-refractivity contribution < 1.29 is 14.4 Å². The molecule has 0 amide bonds. The molecule has 0 N–H and O–H groups in total. The second-order valence-corrected chi connectivity index (χ2v) is 4.69. The van der Waals surface area contributed by atoms with Crippen LogP contribution in [0.4, 0.5) is 0 Å². The molecule has 0 saturated heterocycles. The molecule has 0 bridgehead atoms. The number of hydrogen-bond donors (Lipinski definition) is 0. The SMILES string of the molecule is CC(C)OC(=O)C1(C)CC(C(C)C)=NO1. The third-order valence-electron chi connectivity index (χ3n) is 2.32. The average molecular weight is 213 g/mol. The monoisotopic (exact) mass is 213 g/mol.